The molecule has 2 aromatic rings. The fourth-order valence-electron chi connectivity index (χ4n) is 1.52. The largest absolute Gasteiger partial charge is 0.374 e. The van der Waals surface area contributed by atoms with Crippen LogP contribution >= 0.6 is 0 Å². The third-order valence-electron chi connectivity index (χ3n) is 2.39. The molecule has 0 unspecified atom stereocenters. The Hall–Kier alpha value is -2.18. The van der Waals surface area contributed by atoms with Gasteiger partial charge in [0.2, 0.25) is 11.6 Å². The zero-order chi connectivity index (χ0) is 14.0. The van der Waals surface area contributed by atoms with Crippen LogP contribution in [0.25, 0.3) is 0 Å². The fraction of sp³-hybridized carbons (Fsp3) is 0.167. The van der Waals surface area contributed by atoms with Crippen LogP contribution in [0.4, 0.5) is 23.2 Å². The van der Waals surface area contributed by atoms with Gasteiger partial charge >= 0.3 is 0 Å². The first-order chi connectivity index (χ1) is 8.99. The predicted molar refractivity (Wildman–Crippen MR) is 60.4 cm³/mol. The number of nitrogens with one attached hydrogen (secondary N) is 1. The standard InChI is InChI=1S/C12H9F4N3/c1-6-3-2-4-7(18-6)5-17-10-8(13)11(15)19-12(16)9(10)14/h2-4H,5H2,1H3,(H,17,19). The van der Waals surface area contributed by atoms with E-state index in [1.54, 1.807) is 25.1 Å². The number of hydrogen-bond acceptors (Lipinski definition) is 3. The van der Waals surface area contributed by atoms with Gasteiger partial charge in [0.05, 0.1) is 12.2 Å². The number of nitrogens with zero attached hydrogens (tertiary/aromatic N) is 2. The number of hydrogen-bond donors (Lipinski definition) is 1. The number of aromatic nitrogens is 2. The van der Waals surface area contributed by atoms with Gasteiger partial charge in [-0.15, -0.1) is 0 Å². The normalized spacial score (nSPS) is 10.6. The lowest BCUT2D eigenvalue weighted by Crippen LogP contribution is -2.10. The van der Waals surface area contributed by atoms with E-state index in [2.05, 4.69) is 15.3 Å². The van der Waals surface area contributed by atoms with Gasteiger partial charge in [-0.25, -0.2) is 0 Å². The molecule has 3 nitrogen and oxygen atoms in total. The average Bonchev–Trinajstić information content (AvgIpc) is 2.36. The average molecular weight is 271 g/mol. The monoisotopic (exact) mass is 271 g/mol. The minimum absolute atomic E-state index is 0.0710. The molecular weight excluding hydrogens is 262 g/mol. The molecule has 2 heterocycles. The van der Waals surface area contributed by atoms with Crippen LogP contribution in [-0.2, 0) is 6.54 Å². The second kappa shape index (κ2) is 5.21. The second-order valence-electron chi connectivity index (χ2n) is 3.82. The van der Waals surface area contributed by atoms with Crippen LogP contribution in [0.5, 0.6) is 0 Å². The summed E-state index contributed by atoms with van der Waals surface area (Å²) >= 11 is 0. The SMILES string of the molecule is Cc1cccc(CNc2c(F)c(F)nc(F)c2F)n1. The summed E-state index contributed by atoms with van der Waals surface area (Å²) in [6, 6.07) is 5.07. The van der Waals surface area contributed by atoms with Crippen molar-refractivity contribution in [1.29, 1.82) is 0 Å². The molecule has 0 fully saturated rings. The van der Waals surface area contributed by atoms with Gasteiger partial charge in [0.15, 0.2) is 0 Å². The molecule has 7 heteroatoms. The van der Waals surface area contributed by atoms with Gasteiger partial charge in [-0.1, -0.05) is 6.07 Å². The molecule has 0 aromatic carbocycles. The van der Waals surface area contributed by atoms with Crippen LogP contribution in [0.3, 0.4) is 0 Å². The topological polar surface area (TPSA) is 37.8 Å². The van der Waals surface area contributed by atoms with E-state index in [1.807, 2.05) is 0 Å². The van der Waals surface area contributed by atoms with Gasteiger partial charge in [0.25, 0.3) is 11.9 Å². The molecule has 0 saturated carbocycles. The van der Waals surface area contributed by atoms with E-state index in [4.69, 9.17) is 0 Å². The summed E-state index contributed by atoms with van der Waals surface area (Å²) in [6.45, 7) is 1.68. The molecule has 0 aliphatic carbocycles. The third kappa shape index (κ3) is 2.81. The van der Waals surface area contributed by atoms with Gasteiger partial charge in [0.1, 0.15) is 5.69 Å². The van der Waals surface area contributed by atoms with Gasteiger partial charge in [-0.2, -0.15) is 22.5 Å². The molecule has 0 atom stereocenters. The lowest BCUT2D eigenvalue weighted by atomic mass is 10.3. The molecule has 0 saturated heterocycles. The van der Waals surface area contributed by atoms with Crippen LogP contribution in [0.15, 0.2) is 18.2 Å². The summed E-state index contributed by atoms with van der Waals surface area (Å²) < 4.78 is 52.3. The van der Waals surface area contributed by atoms with Crippen molar-refractivity contribution < 1.29 is 17.6 Å². The fourth-order valence-corrected chi connectivity index (χ4v) is 1.52. The number of pyridine rings is 2. The molecular formula is C12H9F4N3. The summed E-state index contributed by atoms with van der Waals surface area (Å²) in [4.78, 5) is 6.55. The molecule has 0 aliphatic heterocycles. The molecule has 0 radical (unpaired) electrons. The maximum atomic E-state index is 13.3. The first kappa shape index (κ1) is 13.3. The Morgan fingerprint density at radius 3 is 2.21 bits per heavy atom. The highest BCUT2D eigenvalue weighted by molar-refractivity contribution is 5.45. The Balaban J connectivity index is 2.25. The lowest BCUT2D eigenvalue weighted by molar-refractivity contribution is 0.410. The lowest BCUT2D eigenvalue weighted by Gasteiger charge is -2.09. The molecule has 0 bridgehead atoms. The number of rotatable bonds is 3. The summed E-state index contributed by atoms with van der Waals surface area (Å²) in [5, 5.41) is 2.27. The highest BCUT2D eigenvalue weighted by Gasteiger charge is 2.20. The summed E-state index contributed by atoms with van der Waals surface area (Å²) in [5.41, 5.74) is 0.303. The van der Waals surface area contributed by atoms with Crippen molar-refractivity contribution in [3.05, 3.63) is 53.1 Å². The molecule has 19 heavy (non-hydrogen) atoms. The Kier molecular flexibility index (Phi) is 3.64. The van der Waals surface area contributed by atoms with Gasteiger partial charge < -0.3 is 5.32 Å². The molecule has 1 N–H and O–H groups in total. The first-order valence-corrected chi connectivity index (χ1v) is 5.35. The Bertz CT molecular complexity index is 590. The molecule has 0 spiro atoms. The summed E-state index contributed by atoms with van der Waals surface area (Å²) in [7, 11) is 0. The summed E-state index contributed by atoms with van der Waals surface area (Å²) in [6.07, 6.45) is 0. The van der Waals surface area contributed by atoms with Crippen LogP contribution in [0, 0.1) is 30.5 Å². The van der Waals surface area contributed by atoms with Crippen molar-refractivity contribution in [3.8, 4) is 0 Å². The van der Waals surface area contributed by atoms with E-state index in [0.29, 0.717) is 11.4 Å². The number of halogens is 4. The second-order valence-corrected chi connectivity index (χ2v) is 3.82. The number of anilines is 1. The van der Waals surface area contributed by atoms with Crippen LogP contribution in [0.2, 0.25) is 0 Å². The Morgan fingerprint density at radius 2 is 1.63 bits per heavy atom. The van der Waals surface area contributed by atoms with E-state index >= 15 is 0 Å². The van der Waals surface area contributed by atoms with E-state index in [-0.39, 0.29) is 6.54 Å². The maximum Gasteiger partial charge on any atom is 0.253 e. The van der Waals surface area contributed by atoms with E-state index < -0.39 is 29.2 Å². The van der Waals surface area contributed by atoms with Crippen LogP contribution in [-0.4, -0.2) is 9.97 Å². The van der Waals surface area contributed by atoms with Crippen LogP contribution in [0.1, 0.15) is 11.4 Å². The van der Waals surface area contributed by atoms with Gasteiger partial charge in [-0.3, -0.25) is 4.98 Å². The Labute approximate surface area is 106 Å². The molecule has 0 aliphatic rings. The van der Waals surface area contributed by atoms with Gasteiger partial charge in [-0.05, 0) is 19.1 Å². The minimum atomic E-state index is -1.70. The van der Waals surface area contributed by atoms with Gasteiger partial charge in [0, 0.05) is 5.69 Å². The third-order valence-corrected chi connectivity index (χ3v) is 2.39. The van der Waals surface area contributed by atoms with Crippen molar-refractivity contribution >= 4 is 5.69 Å². The molecule has 100 valence electrons. The van der Waals surface area contributed by atoms with Crippen molar-refractivity contribution in [3.63, 3.8) is 0 Å². The van der Waals surface area contributed by atoms with E-state index in [0.717, 1.165) is 0 Å². The van der Waals surface area contributed by atoms with Crippen molar-refractivity contribution in [2.75, 3.05) is 5.32 Å². The van der Waals surface area contributed by atoms with Crippen molar-refractivity contribution in [1.82, 2.24) is 9.97 Å². The highest BCUT2D eigenvalue weighted by Crippen LogP contribution is 2.22. The maximum absolute atomic E-state index is 13.3. The number of aryl methyl sites for hydroxylation is 1. The highest BCUT2D eigenvalue weighted by atomic mass is 19.2. The zero-order valence-corrected chi connectivity index (χ0v) is 9.85. The van der Waals surface area contributed by atoms with Crippen LogP contribution < -0.4 is 5.32 Å². The minimum Gasteiger partial charge on any atom is -0.374 e. The smallest absolute Gasteiger partial charge is 0.253 e. The first-order valence-electron chi connectivity index (χ1n) is 5.35. The van der Waals surface area contributed by atoms with E-state index in [9.17, 15) is 17.6 Å². The quantitative estimate of drug-likeness (QED) is 0.689. The van der Waals surface area contributed by atoms with Crippen molar-refractivity contribution in [2.24, 2.45) is 0 Å². The Morgan fingerprint density at radius 1 is 1.00 bits per heavy atom. The van der Waals surface area contributed by atoms with Crippen molar-refractivity contribution in [2.45, 2.75) is 13.5 Å². The summed E-state index contributed by atoms with van der Waals surface area (Å²) in [5.74, 6) is -6.52. The predicted octanol–water partition coefficient (Wildman–Crippen LogP) is 2.95. The van der Waals surface area contributed by atoms with E-state index in [1.165, 1.54) is 0 Å². The molecule has 2 aromatic heterocycles. The zero-order valence-electron chi connectivity index (χ0n) is 9.85. The molecule has 0 amide bonds. The molecule has 2 rings (SSSR count).